The van der Waals surface area contributed by atoms with Crippen molar-refractivity contribution in [1.82, 2.24) is 5.32 Å². The van der Waals surface area contributed by atoms with Gasteiger partial charge in [-0.25, -0.2) is 8.78 Å². The molecule has 0 atom stereocenters. The van der Waals surface area contributed by atoms with E-state index in [4.69, 9.17) is 0 Å². The van der Waals surface area contributed by atoms with Crippen molar-refractivity contribution < 1.29 is 8.78 Å². The van der Waals surface area contributed by atoms with Gasteiger partial charge in [-0.2, -0.15) is 0 Å². The van der Waals surface area contributed by atoms with Gasteiger partial charge >= 0.3 is 0 Å². The van der Waals surface area contributed by atoms with E-state index < -0.39 is 0 Å². The first-order valence-electron chi connectivity index (χ1n) is 6.99. The number of hydrogen-bond donors (Lipinski definition) is 1. The molecule has 4 heteroatoms. The minimum atomic E-state index is -0.299. The Labute approximate surface area is 124 Å². The highest BCUT2D eigenvalue weighted by Gasteiger charge is 2.13. The van der Waals surface area contributed by atoms with Crippen LogP contribution < -0.4 is 10.2 Å². The molecule has 0 aliphatic rings. The molecular formula is C17H20F2N2. The van der Waals surface area contributed by atoms with E-state index in [1.54, 1.807) is 36.2 Å². The summed E-state index contributed by atoms with van der Waals surface area (Å²) in [5.74, 6) is -0.590. The molecule has 0 unspecified atom stereocenters. The molecule has 1 N–H and O–H groups in total. The first kappa shape index (κ1) is 15.4. The maximum Gasteiger partial charge on any atom is 0.146 e. The summed E-state index contributed by atoms with van der Waals surface area (Å²) in [6.45, 7) is 4.59. The van der Waals surface area contributed by atoms with Crippen molar-refractivity contribution in [2.24, 2.45) is 0 Å². The van der Waals surface area contributed by atoms with Crippen LogP contribution in [0.15, 0.2) is 42.5 Å². The van der Waals surface area contributed by atoms with E-state index in [-0.39, 0.29) is 11.6 Å². The fourth-order valence-corrected chi connectivity index (χ4v) is 2.19. The van der Waals surface area contributed by atoms with Crippen LogP contribution in [0.4, 0.5) is 20.2 Å². The number of benzene rings is 2. The predicted molar refractivity (Wildman–Crippen MR) is 82.8 cm³/mol. The molecule has 0 saturated carbocycles. The van der Waals surface area contributed by atoms with E-state index in [2.05, 4.69) is 5.32 Å². The SMILES string of the molecule is CC(C)NCc1cc(F)ccc1N(C)c1ccccc1F. The molecule has 0 radical (unpaired) electrons. The van der Waals surface area contributed by atoms with Crippen molar-refractivity contribution in [1.29, 1.82) is 0 Å². The lowest BCUT2D eigenvalue weighted by Crippen LogP contribution is -2.23. The van der Waals surface area contributed by atoms with Gasteiger partial charge in [0.25, 0.3) is 0 Å². The fourth-order valence-electron chi connectivity index (χ4n) is 2.19. The monoisotopic (exact) mass is 290 g/mol. The fraction of sp³-hybridized carbons (Fsp3) is 0.294. The van der Waals surface area contributed by atoms with E-state index >= 15 is 0 Å². The van der Waals surface area contributed by atoms with Gasteiger partial charge < -0.3 is 10.2 Å². The second kappa shape index (κ2) is 6.68. The third-order valence-corrected chi connectivity index (χ3v) is 3.32. The van der Waals surface area contributed by atoms with E-state index in [9.17, 15) is 8.78 Å². The van der Waals surface area contributed by atoms with Gasteiger partial charge in [0.1, 0.15) is 11.6 Å². The van der Waals surface area contributed by atoms with Gasteiger partial charge in [0.15, 0.2) is 0 Å². The first-order chi connectivity index (χ1) is 9.99. The van der Waals surface area contributed by atoms with Crippen molar-refractivity contribution >= 4 is 11.4 Å². The largest absolute Gasteiger partial charge is 0.342 e. The zero-order valence-electron chi connectivity index (χ0n) is 12.5. The van der Waals surface area contributed by atoms with Crippen LogP contribution in [0.3, 0.4) is 0 Å². The van der Waals surface area contributed by atoms with Gasteiger partial charge in [-0.3, -0.25) is 0 Å². The van der Waals surface area contributed by atoms with Crippen LogP contribution in [0.1, 0.15) is 19.4 Å². The Morgan fingerprint density at radius 2 is 1.76 bits per heavy atom. The molecule has 0 spiro atoms. The number of para-hydroxylation sites is 1. The number of rotatable bonds is 5. The molecule has 0 fully saturated rings. The quantitative estimate of drug-likeness (QED) is 0.886. The number of nitrogens with one attached hydrogen (secondary N) is 1. The van der Waals surface area contributed by atoms with Crippen molar-refractivity contribution in [3.05, 3.63) is 59.7 Å². The van der Waals surface area contributed by atoms with Crippen molar-refractivity contribution in [3.8, 4) is 0 Å². The molecule has 2 aromatic rings. The molecule has 0 amide bonds. The zero-order valence-corrected chi connectivity index (χ0v) is 12.5. The molecule has 112 valence electrons. The van der Waals surface area contributed by atoms with Crippen molar-refractivity contribution in [2.75, 3.05) is 11.9 Å². The maximum atomic E-state index is 13.9. The molecule has 2 aromatic carbocycles. The van der Waals surface area contributed by atoms with Crippen LogP contribution in [0.5, 0.6) is 0 Å². The van der Waals surface area contributed by atoms with E-state index in [0.717, 1.165) is 11.3 Å². The average Bonchev–Trinajstić information content (AvgIpc) is 2.45. The van der Waals surface area contributed by atoms with Gasteiger partial charge in [-0.05, 0) is 35.9 Å². The Bertz CT molecular complexity index is 611. The van der Waals surface area contributed by atoms with Gasteiger partial charge in [-0.1, -0.05) is 26.0 Å². The van der Waals surface area contributed by atoms with Crippen LogP contribution in [0, 0.1) is 11.6 Å². The molecule has 0 aliphatic carbocycles. The molecule has 0 aromatic heterocycles. The van der Waals surface area contributed by atoms with Crippen molar-refractivity contribution in [2.45, 2.75) is 26.4 Å². The lowest BCUT2D eigenvalue weighted by Gasteiger charge is -2.24. The van der Waals surface area contributed by atoms with Crippen LogP contribution in [0.25, 0.3) is 0 Å². The summed E-state index contributed by atoms with van der Waals surface area (Å²) in [5, 5.41) is 3.26. The lowest BCUT2D eigenvalue weighted by atomic mass is 10.1. The molecule has 2 nitrogen and oxygen atoms in total. The summed E-state index contributed by atoms with van der Waals surface area (Å²) < 4.78 is 27.4. The minimum Gasteiger partial charge on any atom is -0.342 e. The van der Waals surface area contributed by atoms with Crippen LogP contribution in [-0.4, -0.2) is 13.1 Å². The Kier molecular flexibility index (Phi) is 4.91. The number of halogens is 2. The topological polar surface area (TPSA) is 15.3 Å². The van der Waals surface area contributed by atoms with E-state index in [0.29, 0.717) is 18.3 Å². The third kappa shape index (κ3) is 3.79. The molecule has 0 bridgehead atoms. The van der Waals surface area contributed by atoms with Gasteiger partial charge in [0.2, 0.25) is 0 Å². The van der Waals surface area contributed by atoms with Crippen LogP contribution >= 0.6 is 0 Å². The Balaban J connectivity index is 2.36. The first-order valence-corrected chi connectivity index (χ1v) is 6.99. The van der Waals surface area contributed by atoms with E-state index in [1.165, 1.54) is 18.2 Å². The van der Waals surface area contributed by atoms with Crippen LogP contribution in [-0.2, 0) is 6.54 Å². The van der Waals surface area contributed by atoms with Gasteiger partial charge in [0, 0.05) is 25.3 Å². The minimum absolute atomic E-state index is 0.291. The van der Waals surface area contributed by atoms with Gasteiger partial charge in [0.05, 0.1) is 5.69 Å². The normalized spacial score (nSPS) is 11.0. The second-order valence-corrected chi connectivity index (χ2v) is 5.32. The Morgan fingerprint density at radius 3 is 2.43 bits per heavy atom. The van der Waals surface area contributed by atoms with E-state index in [1.807, 2.05) is 13.8 Å². The molecule has 0 saturated heterocycles. The third-order valence-electron chi connectivity index (χ3n) is 3.32. The molecule has 2 rings (SSSR count). The predicted octanol–water partition coefficient (Wildman–Crippen LogP) is 4.23. The zero-order chi connectivity index (χ0) is 15.4. The Morgan fingerprint density at radius 1 is 1.05 bits per heavy atom. The number of hydrogen-bond acceptors (Lipinski definition) is 2. The van der Waals surface area contributed by atoms with Crippen molar-refractivity contribution in [3.63, 3.8) is 0 Å². The summed E-state index contributed by atoms with van der Waals surface area (Å²) in [5.41, 5.74) is 2.05. The number of anilines is 2. The molecular weight excluding hydrogens is 270 g/mol. The highest BCUT2D eigenvalue weighted by molar-refractivity contribution is 5.66. The maximum absolute atomic E-state index is 13.9. The highest BCUT2D eigenvalue weighted by atomic mass is 19.1. The standard InChI is InChI=1S/C17H20F2N2/c1-12(2)20-11-13-10-14(18)8-9-16(13)21(3)17-7-5-4-6-15(17)19/h4-10,12,20H,11H2,1-3H3. The summed E-state index contributed by atoms with van der Waals surface area (Å²) in [6.07, 6.45) is 0. The summed E-state index contributed by atoms with van der Waals surface area (Å²) in [4.78, 5) is 1.74. The summed E-state index contributed by atoms with van der Waals surface area (Å²) in [6, 6.07) is 11.4. The highest BCUT2D eigenvalue weighted by Crippen LogP contribution is 2.29. The summed E-state index contributed by atoms with van der Waals surface area (Å²) in [7, 11) is 1.78. The smallest absolute Gasteiger partial charge is 0.146 e. The lowest BCUT2D eigenvalue weighted by molar-refractivity contribution is 0.581. The molecule has 0 aliphatic heterocycles. The molecule has 0 heterocycles. The molecule has 21 heavy (non-hydrogen) atoms. The summed E-state index contributed by atoms with van der Waals surface area (Å²) >= 11 is 0. The number of nitrogens with zero attached hydrogens (tertiary/aromatic N) is 1. The Hall–Kier alpha value is -1.94. The van der Waals surface area contributed by atoms with Crippen LogP contribution in [0.2, 0.25) is 0 Å². The second-order valence-electron chi connectivity index (χ2n) is 5.32. The van der Waals surface area contributed by atoms with Gasteiger partial charge in [-0.15, -0.1) is 0 Å². The average molecular weight is 290 g/mol.